The minimum absolute atomic E-state index is 0.132. The molecular weight excluding hydrogens is 408 g/mol. The number of ether oxygens (including phenoxy) is 1. The summed E-state index contributed by atoms with van der Waals surface area (Å²) in [5.74, 6) is -0.506. The van der Waals surface area contributed by atoms with Crippen LogP contribution < -0.4 is 24.2 Å². The van der Waals surface area contributed by atoms with Crippen molar-refractivity contribution in [1.29, 1.82) is 0 Å². The topological polar surface area (TPSA) is 137 Å². The van der Waals surface area contributed by atoms with Crippen LogP contribution in [0.5, 0.6) is 11.5 Å². The Hall–Kier alpha value is -2.57. The molecule has 0 aliphatic rings. The highest BCUT2D eigenvalue weighted by molar-refractivity contribution is 7.31. The minimum atomic E-state index is -3.26. The van der Waals surface area contributed by atoms with Gasteiger partial charge in [-0.15, -0.1) is 0 Å². The fourth-order valence-corrected chi connectivity index (χ4v) is 2.97. The van der Waals surface area contributed by atoms with Crippen LogP contribution in [0.1, 0.15) is 18.1 Å². The number of carbonyl (C=O) groups excluding carboxylic acids is 1. The van der Waals surface area contributed by atoms with Gasteiger partial charge in [0, 0.05) is 6.04 Å². The lowest BCUT2D eigenvalue weighted by atomic mass is 10.1. The molecule has 0 spiro atoms. The number of benzene rings is 2. The molecule has 148 valence electrons. The zero-order chi connectivity index (χ0) is 20.5. The second kappa shape index (κ2) is 10.7. The number of hydrogen-bond acceptors (Lipinski definition) is 8. The molecule has 11 heteroatoms. The Balaban J connectivity index is 1.94. The number of carbonyl (C=O) groups is 1. The molecule has 1 N–H and O–H groups in total. The lowest BCUT2D eigenvalue weighted by molar-refractivity contribution is -0.181. The normalized spacial score (nSPS) is 12.5. The first-order chi connectivity index (χ1) is 13.3. The summed E-state index contributed by atoms with van der Waals surface area (Å²) >= 11 is 0. The van der Waals surface area contributed by atoms with Crippen LogP contribution in [0.15, 0.2) is 48.5 Å². The standard InChI is InChI=1S/C17H17NO8P2/c1-12(18-17(19)24-11-13-5-3-2-4-6-13)9-14-7-8-15(25-27(20)21)16(10-14)26-28(22)23/h2-8,10,12H,9,11H2,1H3,(H,18,19). The molecule has 28 heavy (non-hydrogen) atoms. The van der Waals surface area contributed by atoms with Gasteiger partial charge in [0.2, 0.25) is 11.5 Å². The summed E-state index contributed by atoms with van der Waals surface area (Å²) in [5.41, 5.74) is 1.45. The van der Waals surface area contributed by atoms with E-state index in [1.807, 2.05) is 30.3 Å². The largest absolute Gasteiger partial charge is 0.558 e. The van der Waals surface area contributed by atoms with Crippen LogP contribution in [-0.4, -0.2) is 12.1 Å². The average Bonchev–Trinajstić information content (AvgIpc) is 2.62. The molecule has 3 unspecified atom stereocenters. The molecule has 0 aliphatic heterocycles. The van der Waals surface area contributed by atoms with Crippen molar-refractivity contribution in [3.63, 3.8) is 0 Å². The molecule has 0 heterocycles. The molecule has 0 aliphatic carbocycles. The van der Waals surface area contributed by atoms with Crippen molar-refractivity contribution in [2.45, 2.75) is 26.0 Å². The van der Waals surface area contributed by atoms with Gasteiger partial charge < -0.3 is 19.8 Å². The summed E-state index contributed by atoms with van der Waals surface area (Å²) in [5, 5.41) is 2.66. The Kier molecular flexibility index (Phi) is 8.29. The fraction of sp³-hybridized carbons (Fsp3) is 0.235. The molecule has 2 rings (SSSR count). The van der Waals surface area contributed by atoms with Crippen LogP contribution in [0.25, 0.3) is 0 Å². The second-order valence-corrected chi connectivity index (χ2v) is 6.98. The highest BCUT2D eigenvalue weighted by atomic mass is 31.1. The first kappa shape index (κ1) is 21.7. The first-order valence-electron chi connectivity index (χ1n) is 8.08. The Labute approximate surface area is 163 Å². The van der Waals surface area contributed by atoms with Gasteiger partial charge >= 0.3 is 22.6 Å². The van der Waals surface area contributed by atoms with Crippen LogP contribution in [0, 0.1) is 0 Å². The number of rotatable bonds is 9. The van der Waals surface area contributed by atoms with Crippen molar-refractivity contribution in [2.24, 2.45) is 0 Å². The zero-order valence-corrected chi connectivity index (χ0v) is 16.6. The molecule has 3 atom stereocenters. The van der Waals surface area contributed by atoms with Crippen molar-refractivity contribution in [2.75, 3.05) is 0 Å². The van der Waals surface area contributed by atoms with E-state index in [9.17, 15) is 23.7 Å². The summed E-state index contributed by atoms with van der Waals surface area (Å²) in [4.78, 5) is 33.4. The van der Waals surface area contributed by atoms with Gasteiger partial charge in [-0.1, -0.05) is 36.4 Å². The van der Waals surface area contributed by atoms with Crippen LogP contribution in [-0.2, 0) is 26.9 Å². The molecule has 0 bridgehead atoms. The lowest BCUT2D eigenvalue weighted by Crippen LogP contribution is -2.34. The van der Waals surface area contributed by atoms with E-state index >= 15 is 0 Å². The van der Waals surface area contributed by atoms with Gasteiger partial charge in [-0.3, -0.25) is 9.05 Å². The highest BCUT2D eigenvalue weighted by Gasteiger charge is 2.19. The maximum Gasteiger partial charge on any atom is 0.539 e. The third kappa shape index (κ3) is 7.58. The van der Waals surface area contributed by atoms with E-state index in [0.29, 0.717) is 12.0 Å². The number of amides is 1. The fourth-order valence-electron chi connectivity index (χ4n) is 2.36. The van der Waals surface area contributed by atoms with Crippen molar-refractivity contribution < 1.29 is 37.5 Å². The molecule has 0 saturated heterocycles. The Morgan fingerprint density at radius 1 is 1.00 bits per heavy atom. The van der Waals surface area contributed by atoms with Crippen molar-refractivity contribution in [3.8, 4) is 11.5 Å². The molecule has 2 aromatic rings. The molecule has 1 amide bonds. The number of hydrogen-bond donors (Lipinski definition) is 1. The maximum atomic E-state index is 11.9. The molecular formula is C17H17NO8P2. The predicted octanol–water partition coefficient (Wildman–Crippen LogP) is 2.34. The van der Waals surface area contributed by atoms with Gasteiger partial charge in [-0.2, -0.15) is 0 Å². The van der Waals surface area contributed by atoms with Gasteiger partial charge in [0.05, 0.1) is 0 Å². The first-order valence-corrected chi connectivity index (χ1v) is 10.3. The lowest BCUT2D eigenvalue weighted by Gasteiger charge is -2.14. The van der Waals surface area contributed by atoms with Crippen LogP contribution >= 0.6 is 16.5 Å². The highest BCUT2D eigenvalue weighted by Crippen LogP contribution is 2.36. The molecule has 0 radical (unpaired) electrons. The second-order valence-electron chi connectivity index (χ2n) is 5.72. The Morgan fingerprint density at radius 2 is 1.64 bits per heavy atom. The van der Waals surface area contributed by atoms with Crippen LogP contribution in [0.4, 0.5) is 4.79 Å². The summed E-state index contributed by atoms with van der Waals surface area (Å²) < 4.78 is 35.7. The Bertz CT molecular complexity index is 846. The van der Waals surface area contributed by atoms with Gasteiger partial charge in [0.15, 0.2) is 0 Å². The van der Waals surface area contributed by atoms with E-state index in [2.05, 4.69) is 14.4 Å². The monoisotopic (exact) mass is 425 g/mol. The average molecular weight is 425 g/mol. The van der Waals surface area contributed by atoms with Gasteiger partial charge in [-0.05, 0) is 45.7 Å². The van der Waals surface area contributed by atoms with E-state index in [0.717, 1.165) is 5.56 Å². The molecule has 9 nitrogen and oxygen atoms in total. The SMILES string of the molecule is CC(Cc1ccc(O[P+](=O)[O-])c(O[P+](=O)[O-])c1)NC(=O)OCc1ccccc1. The number of nitrogens with one attached hydrogen (secondary N) is 1. The molecule has 0 fully saturated rings. The van der Waals surface area contributed by atoms with Crippen LogP contribution in [0.3, 0.4) is 0 Å². The van der Waals surface area contributed by atoms with E-state index in [4.69, 9.17) is 4.74 Å². The number of alkyl carbamates (subject to hydrolysis) is 1. The predicted molar refractivity (Wildman–Crippen MR) is 95.8 cm³/mol. The summed E-state index contributed by atoms with van der Waals surface area (Å²) in [7, 11) is -6.49. The van der Waals surface area contributed by atoms with Crippen molar-refractivity contribution in [1.82, 2.24) is 5.32 Å². The van der Waals surface area contributed by atoms with Gasteiger partial charge in [0.25, 0.3) is 0 Å². The molecule has 0 aromatic heterocycles. The van der Waals surface area contributed by atoms with E-state index < -0.39 is 22.6 Å². The van der Waals surface area contributed by atoms with Crippen molar-refractivity contribution in [3.05, 3.63) is 59.7 Å². The maximum absolute atomic E-state index is 11.9. The van der Waals surface area contributed by atoms with Crippen molar-refractivity contribution >= 4 is 22.6 Å². The quantitative estimate of drug-likeness (QED) is 0.605. The van der Waals surface area contributed by atoms with E-state index in [-0.39, 0.29) is 24.1 Å². The third-order valence-corrected chi connectivity index (χ3v) is 4.16. The molecule has 2 aromatic carbocycles. The van der Waals surface area contributed by atoms with E-state index in [1.54, 1.807) is 6.92 Å². The summed E-state index contributed by atoms with van der Waals surface area (Å²) in [6, 6.07) is 13.0. The Morgan fingerprint density at radius 3 is 2.29 bits per heavy atom. The third-order valence-electron chi connectivity index (χ3n) is 3.47. The van der Waals surface area contributed by atoms with Gasteiger partial charge in [-0.25, -0.2) is 4.79 Å². The van der Waals surface area contributed by atoms with Gasteiger partial charge in [0.1, 0.15) is 6.61 Å². The van der Waals surface area contributed by atoms with Crippen LogP contribution in [0.2, 0.25) is 0 Å². The summed E-state index contributed by atoms with van der Waals surface area (Å²) in [6.45, 7) is 1.87. The van der Waals surface area contributed by atoms with E-state index in [1.165, 1.54) is 18.2 Å². The minimum Gasteiger partial charge on any atom is -0.558 e. The molecule has 0 saturated carbocycles. The zero-order valence-electron chi connectivity index (χ0n) is 14.8. The smallest absolute Gasteiger partial charge is 0.539 e. The summed E-state index contributed by atoms with van der Waals surface area (Å²) in [6.07, 6.45) is -0.283.